The minimum atomic E-state index is -2.77. The molecule has 0 saturated carbocycles. The van der Waals surface area contributed by atoms with E-state index < -0.39 is 11.3 Å². The molecule has 0 heterocycles. The first kappa shape index (κ1) is 17.3. The van der Waals surface area contributed by atoms with Gasteiger partial charge in [0.25, 0.3) is 12.1 Å². The van der Waals surface area contributed by atoms with Gasteiger partial charge in [0.1, 0.15) is 0 Å². The van der Waals surface area contributed by atoms with Gasteiger partial charge in [-0.3, -0.25) is 10.1 Å². The van der Waals surface area contributed by atoms with Crippen molar-refractivity contribution in [2.75, 3.05) is 25.6 Å². The van der Waals surface area contributed by atoms with Crippen LogP contribution in [0.5, 0.6) is 0 Å². The maximum Gasteiger partial charge on any atom is 0.270 e. The average molecular weight is 302 g/mol. The van der Waals surface area contributed by atoms with E-state index in [1.165, 1.54) is 12.1 Å². The number of benzene rings is 1. The molecule has 0 atom stereocenters. The highest BCUT2D eigenvalue weighted by atomic mass is 19.3. The van der Waals surface area contributed by atoms with Gasteiger partial charge in [-0.1, -0.05) is 13.8 Å². The number of halogens is 2. The highest BCUT2D eigenvalue weighted by Gasteiger charge is 2.21. The van der Waals surface area contributed by atoms with Crippen molar-refractivity contribution in [1.82, 2.24) is 0 Å². The summed E-state index contributed by atoms with van der Waals surface area (Å²) < 4.78 is 31.0. The number of nitrogens with zero attached hydrogens (tertiary/aromatic N) is 1. The summed E-state index contributed by atoms with van der Waals surface area (Å²) in [6.45, 7) is 5.03. The standard InChI is InChI=1S/C14H20F2N2O3/c1-14(2,6-7-21-3)9-17-12-5-4-10(18(19)20)8-11(12)13(15)16/h4-5,8,13,17H,6-7,9H2,1-3H3. The second kappa shape index (κ2) is 7.31. The molecule has 0 aliphatic carbocycles. The number of nitrogens with one attached hydrogen (secondary N) is 1. The summed E-state index contributed by atoms with van der Waals surface area (Å²) in [6.07, 6.45) is -2.00. The van der Waals surface area contributed by atoms with Gasteiger partial charge in [0.2, 0.25) is 0 Å². The van der Waals surface area contributed by atoms with E-state index in [1.807, 2.05) is 13.8 Å². The van der Waals surface area contributed by atoms with Crippen LogP contribution >= 0.6 is 0 Å². The maximum atomic E-state index is 13.0. The summed E-state index contributed by atoms with van der Waals surface area (Å²) in [4.78, 5) is 9.97. The Morgan fingerprint density at radius 3 is 2.62 bits per heavy atom. The first-order valence-corrected chi connectivity index (χ1v) is 6.56. The second-order valence-corrected chi connectivity index (χ2v) is 5.59. The molecule has 0 radical (unpaired) electrons. The minimum absolute atomic E-state index is 0.142. The van der Waals surface area contributed by atoms with Crippen LogP contribution in [-0.2, 0) is 4.74 Å². The van der Waals surface area contributed by atoms with Gasteiger partial charge in [-0.25, -0.2) is 8.78 Å². The SMILES string of the molecule is COCCC(C)(C)CNc1ccc([N+](=O)[O-])cc1C(F)F. The van der Waals surface area contributed by atoms with Gasteiger partial charge >= 0.3 is 0 Å². The van der Waals surface area contributed by atoms with Gasteiger partial charge in [0, 0.05) is 43.6 Å². The molecule has 0 aliphatic heterocycles. The Balaban J connectivity index is 2.85. The summed E-state index contributed by atoms with van der Waals surface area (Å²) in [7, 11) is 1.61. The summed E-state index contributed by atoms with van der Waals surface area (Å²) in [5, 5.41) is 13.6. The lowest BCUT2D eigenvalue weighted by molar-refractivity contribution is -0.385. The van der Waals surface area contributed by atoms with Crippen molar-refractivity contribution in [3.63, 3.8) is 0 Å². The van der Waals surface area contributed by atoms with Crippen LogP contribution in [0.2, 0.25) is 0 Å². The molecule has 5 nitrogen and oxygen atoms in total. The third kappa shape index (κ3) is 5.26. The van der Waals surface area contributed by atoms with Crippen LogP contribution < -0.4 is 5.32 Å². The van der Waals surface area contributed by atoms with Crippen LogP contribution in [0.4, 0.5) is 20.2 Å². The van der Waals surface area contributed by atoms with Crippen LogP contribution in [0.3, 0.4) is 0 Å². The van der Waals surface area contributed by atoms with Gasteiger partial charge in [-0.05, 0) is 17.9 Å². The van der Waals surface area contributed by atoms with E-state index in [0.717, 1.165) is 12.5 Å². The molecular weight excluding hydrogens is 282 g/mol. The average Bonchev–Trinajstić information content (AvgIpc) is 2.42. The molecule has 7 heteroatoms. The Labute approximate surface area is 122 Å². The number of nitro groups is 1. The second-order valence-electron chi connectivity index (χ2n) is 5.59. The Kier molecular flexibility index (Phi) is 6.02. The molecule has 118 valence electrons. The summed E-state index contributed by atoms with van der Waals surface area (Å²) in [5.41, 5.74) is -0.612. The number of ether oxygens (including phenoxy) is 1. The van der Waals surface area contributed by atoms with Gasteiger partial charge in [0.05, 0.1) is 4.92 Å². The molecule has 1 aromatic carbocycles. The molecule has 0 aliphatic rings. The molecule has 0 amide bonds. The Morgan fingerprint density at radius 2 is 2.10 bits per heavy atom. The lowest BCUT2D eigenvalue weighted by Gasteiger charge is -2.25. The topological polar surface area (TPSA) is 64.4 Å². The fourth-order valence-electron chi connectivity index (χ4n) is 1.81. The number of hydrogen-bond donors (Lipinski definition) is 1. The van der Waals surface area contributed by atoms with Crippen molar-refractivity contribution in [3.05, 3.63) is 33.9 Å². The molecule has 0 saturated heterocycles. The lowest BCUT2D eigenvalue weighted by Crippen LogP contribution is -2.25. The molecule has 0 spiro atoms. The summed E-state index contributed by atoms with van der Waals surface area (Å²) in [5.74, 6) is 0. The van der Waals surface area contributed by atoms with Crippen LogP contribution in [0.15, 0.2) is 18.2 Å². The van der Waals surface area contributed by atoms with Crippen molar-refractivity contribution < 1.29 is 18.4 Å². The number of alkyl halides is 2. The highest BCUT2D eigenvalue weighted by Crippen LogP contribution is 2.31. The predicted octanol–water partition coefficient (Wildman–Crippen LogP) is 4.01. The minimum Gasteiger partial charge on any atom is -0.385 e. The molecule has 0 aromatic heterocycles. The van der Waals surface area contributed by atoms with Crippen molar-refractivity contribution >= 4 is 11.4 Å². The van der Waals surface area contributed by atoms with Crippen LogP contribution in [-0.4, -0.2) is 25.2 Å². The number of hydrogen-bond acceptors (Lipinski definition) is 4. The van der Waals surface area contributed by atoms with E-state index in [-0.39, 0.29) is 22.4 Å². The number of rotatable bonds is 8. The normalized spacial score (nSPS) is 11.7. The lowest BCUT2D eigenvalue weighted by atomic mass is 9.89. The van der Waals surface area contributed by atoms with E-state index in [4.69, 9.17) is 4.74 Å². The van der Waals surface area contributed by atoms with E-state index in [0.29, 0.717) is 13.2 Å². The quantitative estimate of drug-likeness (QED) is 0.582. The van der Waals surface area contributed by atoms with Crippen molar-refractivity contribution in [1.29, 1.82) is 0 Å². The predicted molar refractivity (Wildman–Crippen MR) is 76.8 cm³/mol. The fourth-order valence-corrected chi connectivity index (χ4v) is 1.81. The van der Waals surface area contributed by atoms with Gasteiger partial charge in [-0.2, -0.15) is 0 Å². The van der Waals surface area contributed by atoms with E-state index in [9.17, 15) is 18.9 Å². The third-order valence-corrected chi connectivity index (χ3v) is 3.22. The largest absolute Gasteiger partial charge is 0.385 e. The molecule has 0 unspecified atom stereocenters. The number of nitro benzene ring substituents is 1. The molecule has 21 heavy (non-hydrogen) atoms. The number of anilines is 1. The van der Waals surface area contributed by atoms with Crippen LogP contribution in [0, 0.1) is 15.5 Å². The molecule has 0 fully saturated rings. The van der Waals surface area contributed by atoms with Gasteiger partial charge in [-0.15, -0.1) is 0 Å². The third-order valence-electron chi connectivity index (χ3n) is 3.22. The fraction of sp³-hybridized carbons (Fsp3) is 0.571. The van der Waals surface area contributed by atoms with E-state index in [1.54, 1.807) is 7.11 Å². The molecular formula is C14H20F2N2O3. The van der Waals surface area contributed by atoms with Crippen LogP contribution in [0.25, 0.3) is 0 Å². The first-order chi connectivity index (χ1) is 9.76. The first-order valence-electron chi connectivity index (χ1n) is 6.56. The number of non-ortho nitro benzene ring substituents is 1. The van der Waals surface area contributed by atoms with Crippen molar-refractivity contribution in [2.45, 2.75) is 26.7 Å². The Hall–Kier alpha value is -1.76. The Morgan fingerprint density at radius 1 is 1.43 bits per heavy atom. The van der Waals surface area contributed by atoms with E-state index >= 15 is 0 Å². The molecule has 1 N–H and O–H groups in total. The summed E-state index contributed by atoms with van der Waals surface area (Å²) >= 11 is 0. The molecule has 1 rings (SSSR count). The zero-order valence-corrected chi connectivity index (χ0v) is 12.4. The van der Waals surface area contributed by atoms with Crippen LogP contribution in [0.1, 0.15) is 32.3 Å². The smallest absolute Gasteiger partial charge is 0.270 e. The monoisotopic (exact) mass is 302 g/mol. The maximum absolute atomic E-state index is 13.0. The summed E-state index contributed by atoms with van der Waals surface area (Å²) in [6, 6.07) is 3.46. The molecule has 0 bridgehead atoms. The van der Waals surface area contributed by atoms with Crippen molar-refractivity contribution in [3.8, 4) is 0 Å². The van der Waals surface area contributed by atoms with Gasteiger partial charge in [0.15, 0.2) is 0 Å². The van der Waals surface area contributed by atoms with Gasteiger partial charge < -0.3 is 10.1 Å². The number of methoxy groups -OCH3 is 1. The highest BCUT2D eigenvalue weighted by molar-refractivity contribution is 5.56. The zero-order chi connectivity index (χ0) is 16.0. The van der Waals surface area contributed by atoms with Crippen molar-refractivity contribution in [2.24, 2.45) is 5.41 Å². The van der Waals surface area contributed by atoms with E-state index in [2.05, 4.69) is 5.32 Å². The molecule has 1 aromatic rings. The Bertz CT molecular complexity index is 493. The zero-order valence-electron chi connectivity index (χ0n) is 12.4.